The molecule has 2 aromatic carbocycles. The van der Waals surface area contributed by atoms with E-state index in [0.717, 1.165) is 0 Å². The van der Waals surface area contributed by atoms with Crippen molar-refractivity contribution < 1.29 is 17.6 Å². The van der Waals surface area contributed by atoms with Crippen molar-refractivity contribution >= 4 is 23.0 Å². The van der Waals surface area contributed by atoms with E-state index < -0.39 is 18.1 Å². The third-order valence-electron chi connectivity index (χ3n) is 3.76. The van der Waals surface area contributed by atoms with Gasteiger partial charge in [-0.25, -0.2) is 17.6 Å². The molecule has 3 rings (SSSR count). The van der Waals surface area contributed by atoms with Crippen molar-refractivity contribution in [2.75, 3.05) is 7.05 Å². The molecular weight excluding hydrogens is 344 g/mol. The van der Waals surface area contributed by atoms with Gasteiger partial charge in [0.15, 0.2) is 11.4 Å². The number of alkyl halides is 2. The van der Waals surface area contributed by atoms with E-state index in [1.807, 2.05) is 0 Å². The molecule has 24 heavy (non-hydrogen) atoms. The molecule has 0 amide bonds. The van der Waals surface area contributed by atoms with Crippen LogP contribution < -0.4 is 4.59 Å². The molecule has 0 aliphatic carbocycles. The van der Waals surface area contributed by atoms with Crippen LogP contribution in [0.1, 0.15) is 0 Å². The smallest absolute Gasteiger partial charge is 0.207 e. The summed E-state index contributed by atoms with van der Waals surface area (Å²) in [6.07, 6.45) is -0.0248. The van der Waals surface area contributed by atoms with E-state index in [4.69, 9.17) is 11.6 Å². The van der Waals surface area contributed by atoms with Crippen molar-refractivity contribution in [3.8, 4) is 11.1 Å². The lowest BCUT2D eigenvalue weighted by Crippen LogP contribution is -2.31. The average Bonchev–Trinajstić information content (AvgIpc) is 2.93. The van der Waals surface area contributed by atoms with Crippen molar-refractivity contribution in [2.45, 2.75) is 6.43 Å². The standard InChI is InChI=1S/C17H12ClF4N2/c1-24(7-6-15(23-24)17(21)22)16-5-3-11(19)9-12(16)10-2-4-13(18)14(20)8-10/h2-9,17H,1H3/q+1. The van der Waals surface area contributed by atoms with Gasteiger partial charge in [-0.15, -0.1) is 4.59 Å². The zero-order valence-electron chi connectivity index (χ0n) is 12.5. The zero-order valence-corrected chi connectivity index (χ0v) is 13.2. The van der Waals surface area contributed by atoms with Crippen molar-refractivity contribution in [2.24, 2.45) is 5.10 Å². The van der Waals surface area contributed by atoms with Crippen molar-refractivity contribution in [1.29, 1.82) is 0 Å². The second-order valence-corrected chi connectivity index (χ2v) is 5.87. The number of rotatable bonds is 3. The molecule has 124 valence electrons. The molecule has 1 heterocycles. The predicted octanol–water partition coefficient (Wildman–Crippen LogP) is 5.37. The van der Waals surface area contributed by atoms with Crippen LogP contribution in [0.25, 0.3) is 11.1 Å². The maximum Gasteiger partial charge on any atom is 0.285 e. The molecule has 0 bridgehead atoms. The average molecular weight is 356 g/mol. The summed E-state index contributed by atoms with van der Waals surface area (Å²) in [6, 6.07) is 7.93. The summed E-state index contributed by atoms with van der Waals surface area (Å²) in [5.41, 5.74) is 0.789. The van der Waals surface area contributed by atoms with Crippen LogP contribution >= 0.6 is 11.6 Å². The molecule has 1 unspecified atom stereocenters. The zero-order chi connectivity index (χ0) is 17.5. The van der Waals surface area contributed by atoms with Gasteiger partial charge in [-0.2, -0.15) is 0 Å². The predicted molar refractivity (Wildman–Crippen MR) is 87.1 cm³/mol. The second kappa shape index (κ2) is 6.03. The number of nitrogens with zero attached hydrogens (tertiary/aromatic N) is 2. The molecule has 0 radical (unpaired) electrons. The topological polar surface area (TPSA) is 12.4 Å². The van der Waals surface area contributed by atoms with Crippen LogP contribution in [0.4, 0.5) is 23.2 Å². The summed E-state index contributed by atoms with van der Waals surface area (Å²) in [7, 11) is 1.58. The van der Waals surface area contributed by atoms with E-state index in [9.17, 15) is 17.6 Å². The number of hydrogen-bond acceptors (Lipinski definition) is 1. The molecule has 0 N–H and O–H groups in total. The van der Waals surface area contributed by atoms with E-state index >= 15 is 0 Å². The fourth-order valence-electron chi connectivity index (χ4n) is 2.58. The minimum atomic E-state index is -2.71. The minimum absolute atomic E-state index is 0.0591. The quantitative estimate of drug-likeness (QED) is 0.518. The Morgan fingerprint density at radius 1 is 1.08 bits per heavy atom. The van der Waals surface area contributed by atoms with Gasteiger partial charge in [0.25, 0.3) is 6.43 Å². The third-order valence-corrected chi connectivity index (χ3v) is 4.07. The van der Waals surface area contributed by atoms with Gasteiger partial charge in [-0.3, -0.25) is 0 Å². The number of allylic oxidation sites excluding steroid dienone is 1. The van der Waals surface area contributed by atoms with E-state index in [2.05, 4.69) is 5.10 Å². The molecule has 0 saturated carbocycles. The van der Waals surface area contributed by atoms with E-state index in [1.54, 1.807) is 7.05 Å². The van der Waals surface area contributed by atoms with E-state index in [1.165, 1.54) is 48.7 Å². The Balaban J connectivity index is 2.17. The largest absolute Gasteiger partial charge is 0.285 e. The number of halogens is 5. The summed E-state index contributed by atoms with van der Waals surface area (Å²) in [6.45, 7) is 0. The van der Waals surface area contributed by atoms with Crippen LogP contribution in [-0.4, -0.2) is 19.2 Å². The highest BCUT2D eigenvalue weighted by Gasteiger charge is 2.34. The Bertz CT molecular complexity index is 864. The maximum atomic E-state index is 13.8. The Hall–Kier alpha value is -2.18. The molecular formula is C17H12ClF4N2+. The fourth-order valence-corrected chi connectivity index (χ4v) is 2.69. The van der Waals surface area contributed by atoms with Gasteiger partial charge in [0.05, 0.1) is 5.02 Å². The molecule has 2 nitrogen and oxygen atoms in total. The van der Waals surface area contributed by atoms with Crippen molar-refractivity contribution in [1.82, 2.24) is 4.59 Å². The molecule has 0 fully saturated rings. The first-order chi connectivity index (χ1) is 11.3. The third kappa shape index (κ3) is 2.95. The van der Waals surface area contributed by atoms with Crippen LogP contribution in [0.5, 0.6) is 0 Å². The van der Waals surface area contributed by atoms with Crippen LogP contribution in [0, 0.1) is 11.6 Å². The lowest BCUT2D eigenvalue weighted by Gasteiger charge is -2.23. The van der Waals surface area contributed by atoms with Crippen LogP contribution in [0.2, 0.25) is 5.02 Å². The highest BCUT2D eigenvalue weighted by molar-refractivity contribution is 6.30. The first-order valence-corrected chi connectivity index (χ1v) is 7.37. The Labute approximate surface area is 140 Å². The lowest BCUT2D eigenvalue weighted by atomic mass is 10.0. The lowest BCUT2D eigenvalue weighted by molar-refractivity contribution is 0.225. The molecule has 1 aliphatic rings. The van der Waals surface area contributed by atoms with Gasteiger partial charge >= 0.3 is 0 Å². The monoisotopic (exact) mass is 355 g/mol. The number of hydrogen-bond donors (Lipinski definition) is 0. The Morgan fingerprint density at radius 3 is 2.46 bits per heavy atom. The molecule has 1 atom stereocenters. The molecule has 0 spiro atoms. The number of quaternary nitrogens is 1. The normalized spacial score (nSPS) is 19.9. The molecule has 2 aromatic rings. The van der Waals surface area contributed by atoms with Crippen molar-refractivity contribution in [3.63, 3.8) is 0 Å². The number of benzene rings is 2. The van der Waals surface area contributed by atoms with Crippen LogP contribution in [0.15, 0.2) is 53.8 Å². The minimum Gasteiger partial charge on any atom is -0.207 e. The first-order valence-electron chi connectivity index (χ1n) is 6.99. The highest BCUT2D eigenvalue weighted by atomic mass is 35.5. The molecule has 0 aromatic heterocycles. The van der Waals surface area contributed by atoms with Crippen LogP contribution in [-0.2, 0) is 0 Å². The second-order valence-electron chi connectivity index (χ2n) is 5.46. The summed E-state index contributed by atoms with van der Waals surface area (Å²) < 4.78 is 52.9. The fraction of sp³-hybridized carbons (Fsp3) is 0.118. The van der Waals surface area contributed by atoms with Crippen LogP contribution in [0.3, 0.4) is 0 Å². The Kier molecular flexibility index (Phi) is 4.19. The Morgan fingerprint density at radius 2 is 1.83 bits per heavy atom. The summed E-state index contributed by atoms with van der Waals surface area (Å²) in [5.74, 6) is -1.18. The summed E-state index contributed by atoms with van der Waals surface area (Å²) >= 11 is 5.68. The summed E-state index contributed by atoms with van der Waals surface area (Å²) in [4.78, 5) is 0. The van der Waals surface area contributed by atoms with Gasteiger partial charge in [0.1, 0.15) is 24.9 Å². The molecule has 7 heteroatoms. The van der Waals surface area contributed by atoms with Gasteiger partial charge in [0.2, 0.25) is 0 Å². The molecule has 0 saturated heterocycles. The van der Waals surface area contributed by atoms with Gasteiger partial charge in [-0.1, -0.05) is 22.8 Å². The summed E-state index contributed by atoms with van der Waals surface area (Å²) in [5, 5.41) is 3.94. The van der Waals surface area contributed by atoms with E-state index in [-0.39, 0.29) is 15.3 Å². The molecule has 1 aliphatic heterocycles. The van der Waals surface area contributed by atoms with E-state index in [0.29, 0.717) is 16.8 Å². The maximum absolute atomic E-state index is 13.8. The van der Waals surface area contributed by atoms with Gasteiger partial charge < -0.3 is 0 Å². The van der Waals surface area contributed by atoms with Gasteiger partial charge in [-0.05, 0) is 29.8 Å². The van der Waals surface area contributed by atoms with Crippen molar-refractivity contribution in [3.05, 3.63) is 65.3 Å². The first kappa shape index (κ1) is 16.7. The van der Waals surface area contributed by atoms with Gasteiger partial charge in [0, 0.05) is 17.7 Å². The highest BCUT2D eigenvalue weighted by Crippen LogP contribution is 2.38. The SMILES string of the molecule is C[N+]1(c2ccc(F)cc2-c2ccc(Cl)c(F)c2)C=CC(C(F)F)=N1.